The van der Waals surface area contributed by atoms with Crippen LogP contribution < -0.4 is 19.6 Å². The van der Waals surface area contributed by atoms with E-state index in [4.69, 9.17) is 0 Å². The van der Waals surface area contributed by atoms with Crippen molar-refractivity contribution < 1.29 is 0 Å². The molecule has 0 aromatic heterocycles. The number of hydrogen-bond acceptors (Lipinski definition) is 4. The topological polar surface area (TPSA) is 13.0 Å². The summed E-state index contributed by atoms with van der Waals surface area (Å²) in [6.45, 7) is 0. The van der Waals surface area contributed by atoms with E-state index in [0.717, 1.165) is 56.9 Å². The second kappa shape index (κ2) is 22.6. The van der Waals surface area contributed by atoms with Gasteiger partial charge in [0.25, 0.3) is 0 Å². The Labute approximate surface area is 518 Å². The first kappa shape index (κ1) is 53.3. The van der Waals surface area contributed by atoms with Crippen LogP contribution >= 0.6 is 0 Å². The maximum absolute atomic E-state index is 2.54. The molecule has 4 aliphatic carbocycles. The van der Waals surface area contributed by atoms with Gasteiger partial charge < -0.3 is 19.6 Å². The highest BCUT2D eigenvalue weighted by Gasteiger charge is 2.45. The van der Waals surface area contributed by atoms with Crippen molar-refractivity contribution in [2.24, 2.45) is 0 Å². The summed E-state index contributed by atoms with van der Waals surface area (Å²) in [5.74, 6) is 0. The third-order valence-electron chi connectivity index (χ3n) is 19.8. The first-order valence-electron chi connectivity index (χ1n) is 31.9. The Bertz CT molecular complexity index is 4050. The predicted molar refractivity (Wildman–Crippen MR) is 369 cm³/mol. The first-order chi connectivity index (χ1) is 43.6. The van der Waals surface area contributed by atoms with E-state index in [1.807, 2.05) is 0 Å². The average molecular weight is 1140 g/mol. The maximum atomic E-state index is 2.54. The summed E-state index contributed by atoms with van der Waals surface area (Å²) in [7, 11) is 0. The quantitative estimate of drug-likeness (QED) is 0.114. The SMILES string of the molecule is c1ccc(N(c2ccccc2)c2ccc(N(c3ccc(-c4ccc(N(c5ccc(N(c6ccccc6)c6ccccc6)cc5)c5ccc6c(c5)C5(CCCCC5)c5ccccc5-6)cc4)cc3)c3ccc4c(c3)C3(CCCCC3)c3ccccc3-4)cc2)cc1. The molecule has 0 atom stereocenters. The summed E-state index contributed by atoms with van der Waals surface area (Å²) >= 11 is 0. The van der Waals surface area contributed by atoms with Crippen molar-refractivity contribution in [3.8, 4) is 33.4 Å². The number of fused-ring (bicyclic) bond motifs is 10. The van der Waals surface area contributed by atoms with Crippen LogP contribution in [0, 0.1) is 0 Å². The Morgan fingerprint density at radius 1 is 0.182 bits per heavy atom. The minimum atomic E-state index is 0.0342. The molecule has 2 spiro atoms. The Morgan fingerprint density at radius 2 is 0.409 bits per heavy atom. The molecule has 2 saturated carbocycles. The molecular weight excluding hydrogens is 1060 g/mol. The van der Waals surface area contributed by atoms with E-state index in [-0.39, 0.29) is 10.8 Å². The van der Waals surface area contributed by atoms with E-state index in [1.54, 1.807) is 0 Å². The van der Waals surface area contributed by atoms with Gasteiger partial charge in [0, 0.05) is 79.1 Å². The van der Waals surface area contributed by atoms with Crippen LogP contribution in [0.2, 0.25) is 0 Å². The van der Waals surface area contributed by atoms with Crippen molar-refractivity contribution >= 4 is 68.2 Å². The fourth-order valence-corrected chi connectivity index (χ4v) is 15.8. The van der Waals surface area contributed by atoms with Gasteiger partial charge in [-0.1, -0.05) is 196 Å². The Balaban J connectivity index is 0.772. The second-order valence-corrected chi connectivity index (χ2v) is 24.6. The van der Waals surface area contributed by atoms with Crippen LogP contribution in [-0.4, -0.2) is 0 Å². The highest BCUT2D eigenvalue weighted by molar-refractivity contribution is 5.90. The lowest BCUT2D eigenvalue weighted by Gasteiger charge is -2.36. The van der Waals surface area contributed by atoms with Gasteiger partial charge in [-0.3, -0.25) is 0 Å². The number of benzene rings is 12. The monoisotopic (exact) mass is 1130 g/mol. The highest BCUT2D eigenvalue weighted by Crippen LogP contribution is 2.59. The third-order valence-corrected chi connectivity index (χ3v) is 19.8. The number of rotatable bonds is 13. The van der Waals surface area contributed by atoms with Gasteiger partial charge in [0.2, 0.25) is 0 Å². The summed E-state index contributed by atoms with van der Waals surface area (Å²) in [5.41, 5.74) is 27.5. The van der Waals surface area contributed by atoms with Crippen LogP contribution in [0.3, 0.4) is 0 Å². The van der Waals surface area contributed by atoms with Gasteiger partial charge in [-0.05, 0) is 227 Å². The molecule has 0 heterocycles. The molecular formula is C84H70N4. The van der Waals surface area contributed by atoms with Gasteiger partial charge in [-0.2, -0.15) is 0 Å². The van der Waals surface area contributed by atoms with Gasteiger partial charge in [-0.15, -0.1) is 0 Å². The minimum absolute atomic E-state index is 0.0342. The number of anilines is 12. The van der Waals surface area contributed by atoms with E-state index in [1.165, 1.54) is 131 Å². The van der Waals surface area contributed by atoms with Crippen LogP contribution in [-0.2, 0) is 10.8 Å². The summed E-state index contributed by atoms with van der Waals surface area (Å²) in [4.78, 5) is 9.63. The van der Waals surface area contributed by atoms with Crippen molar-refractivity contribution in [1.82, 2.24) is 0 Å². The van der Waals surface area contributed by atoms with Crippen molar-refractivity contribution in [1.29, 1.82) is 0 Å². The summed E-state index contributed by atoms with van der Waals surface area (Å²) in [6.07, 6.45) is 12.4. The Kier molecular flexibility index (Phi) is 13.7. The molecule has 12 aromatic carbocycles. The van der Waals surface area contributed by atoms with E-state index < -0.39 is 0 Å². The number of nitrogens with zero attached hydrogens (tertiary/aromatic N) is 4. The van der Waals surface area contributed by atoms with Gasteiger partial charge in [0.15, 0.2) is 0 Å². The molecule has 0 bridgehead atoms. The fraction of sp³-hybridized carbons (Fsp3) is 0.143. The smallest absolute Gasteiger partial charge is 0.0465 e. The van der Waals surface area contributed by atoms with Crippen LogP contribution in [0.1, 0.15) is 86.5 Å². The van der Waals surface area contributed by atoms with E-state index in [2.05, 4.69) is 323 Å². The Hall–Kier alpha value is -10.2. The minimum Gasteiger partial charge on any atom is -0.311 e. The highest BCUT2D eigenvalue weighted by atomic mass is 15.2. The molecule has 88 heavy (non-hydrogen) atoms. The maximum Gasteiger partial charge on any atom is 0.0465 e. The summed E-state index contributed by atoms with van der Waals surface area (Å²) < 4.78 is 0. The van der Waals surface area contributed by atoms with Crippen LogP contribution in [0.4, 0.5) is 68.2 Å². The van der Waals surface area contributed by atoms with Crippen LogP contribution in [0.15, 0.2) is 303 Å². The van der Waals surface area contributed by atoms with Crippen LogP contribution in [0.25, 0.3) is 33.4 Å². The molecule has 4 aliphatic rings. The largest absolute Gasteiger partial charge is 0.311 e. The molecule has 0 aliphatic heterocycles. The standard InChI is InChI=1S/C84H70N4/c1-7-23-63(24-8-1)85(64-25-9-2-10-26-64)69-43-47-71(48-44-69)87(73-51-53-77-75-31-15-17-33-79(75)83(81(77)59-73)55-19-5-20-56-83)67-39-35-61(36-40-67)62-37-41-68(42-38-62)88(72-49-45-70(46-50-72)86(65-27-11-3-12-28-65)66-29-13-4-14-30-66)74-52-54-78-76-32-16-18-34-80(76)84(82(78)60-74)57-21-6-22-58-84/h1-4,7-18,23-54,59-60H,5-6,19-22,55-58H2. The predicted octanol–water partition coefficient (Wildman–Crippen LogP) is 23.7. The van der Waals surface area contributed by atoms with Crippen LogP contribution in [0.5, 0.6) is 0 Å². The molecule has 4 heteroatoms. The lowest BCUT2D eigenvalue weighted by atomic mass is 9.68. The molecule has 0 N–H and O–H groups in total. The summed E-state index contributed by atoms with van der Waals surface area (Å²) in [6, 6.07) is 113. The van der Waals surface area contributed by atoms with Gasteiger partial charge in [-0.25, -0.2) is 0 Å². The molecule has 426 valence electrons. The van der Waals surface area contributed by atoms with E-state index in [9.17, 15) is 0 Å². The molecule has 4 nitrogen and oxygen atoms in total. The molecule has 0 saturated heterocycles. The second-order valence-electron chi connectivity index (χ2n) is 24.6. The van der Waals surface area contributed by atoms with Crippen molar-refractivity contribution in [2.45, 2.75) is 75.0 Å². The van der Waals surface area contributed by atoms with E-state index in [0.29, 0.717) is 0 Å². The fourth-order valence-electron chi connectivity index (χ4n) is 15.8. The Morgan fingerprint density at radius 3 is 0.716 bits per heavy atom. The normalized spacial score (nSPS) is 14.8. The van der Waals surface area contributed by atoms with E-state index >= 15 is 0 Å². The zero-order chi connectivity index (χ0) is 58.4. The zero-order valence-corrected chi connectivity index (χ0v) is 49.7. The average Bonchev–Trinajstić information content (AvgIpc) is 1.69. The molecule has 0 amide bonds. The molecule has 16 rings (SSSR count). The van der Waals surface area contributed by atoms with Gasteiger partial charge in [0.05, 0.1) is 0 Å². The lowest BCUT2D eigenvalue weighted by Crippen LogP contribution is -2.28. The zero-order valence-electron chi connectivity index (χ0n) is 49.7. The number of hydrogen-bond donors (Lipinski definition) is 0. The van der Waals surface area contributed by atoms with Gasteiger partial charge >= 0.3 is 0 Å². The molecule has 12 aromatic rings. The number of para-hydroxylation sites is 4. The molecule has 0 unspecified atom stereocenters. The first-order valence-corrected chi connectivity index (χ1v) is 31.9. The molecule has 0 radical (unpaired) electrons. The lowest BCUT2D eigenvalue weighted by molar-refractivity contribution is 0.353. The van der Waals surface area contributed by atoms with Crippen molar-refractivity contribution in [3.05, 3.63) is 326 Å². The summed E-state index contributed by atoms with van der Waals surface area (Å²) in [5, 5.41) is 0. The third kappa shape index (κ3) is 9.29. The van der Waals surface area contributed by atoms with Crippen molar-refractivity contribution in [2.75, 3.05) is 19.6 Å². The van der Waals surface area contributed by atoms with Crippen molar-refractivity contribution in [3.63, 3.8) is 0 Å². The van der Waals surface area contributed by atoms with Gasteiger partial charge in [0.1, 0.15) is 0 Å². The molecule has 2 fully saturated rings.